The zero-order valence-electron chi connectivity index (χ0n) is 22.8. The molecule has 36 heavy (non-hydrogen) atoms. The van der Waals surface area contributed by atoms with Gasteiger partial charge >= 0.3 is 0 Å². The Bertz CT molecular complexity index is 943. The topological polar surface area (TPSA) is 59.1 Å². The summed E-state index contributed by atoms with van der Waals surface area (Å²) < 4.78 is 10.8. The van der Waals surface area contributed by atoms with Crippen molar-refractivity contribution in [2.75, 3.05) is 33.9 Å². The van der Waals surface area contributed by atoms with E-state index in [2.05, 4.69) is 32.2 Å². The van der Waals surface area contributed by atoms with Crippen LogP contribution in [0.5, 0.6) is 11.5 Å². The largest absolute Gasteiger partial charge is 0.493 e. The molecule has 1 aromatic heterocycles. The lowest BCUT2D eigenvalue weighted by atomic mass is 10.1. The summed E-state index contributed by atoms with van der Waals surface area (Å²) in [6, 6.07) is 7.96. The summed E-state index contributed by atoms with van der Waals surface area (Å²) in [6.07, 6.45) is 7.35. The molecule has 0 aliphatic heterocycles. The van der Waals surface area contributed by atoms with Crippen LogP contribution < -0.4 is 9.47 Å². The Kier molecular flexibility index (Phi) is 13.4. The molecular formula is C29H44N2O4S. The number of hydrogen-bond donors (Lipinski definition) is 0. The SMILES string of the molecule is CCCCCCC(=O)N(CCCC)CC(=O)N(CCc1ccc(OC)c(OC)c1)Cc1sccc1C. The van der Waals surface area contributed by atoms with Crippen LogP contribution in [0.4, 0.5) is 0 Å². The number of methoxy groups -OCH3 is 2. The number of nitrogens with zero attached hydrogens (tertiary/aromatic N) is 2. The minimum absolute atomic E-state index is 0.00119. The number of hydrogen-bond acceptors (Lipinski definition) is 5. The van der Waals surface area contributed by atoms with Crippen molar-refractivity contribution < 1.29 is 19.1 Å². The Labute approximate surface area is 221 Å². The molecule has 0 unspecified atom stereocenters. The highest BCUT2D eigenvalue weighted by molar-refractivity contribution is 7.10. The highest BCUT2D eigenvalue weighted by atomic mass is 32.1. The van der Waals surface area contributed by atoms with Gasteiger partial charge in [-0.15, -0.1) is 11.3 Å². The van der Waals surface area contributed by atoms with Gasteiger partial charge in [0.05, 0.1) is 27.3 Å². The van der Waals surface area contributed by atoms with Crippen molar-refractivity contribution in [3.05, 3.63) is 45.6 Å². The lowest BCUT2D eigenvalue weighted by Gasteiger charge is -2.28. The fraction of sp³-hybridized carbons (Fsp3) is 0.586. The van der Waals surface area contributed by atoms with E-state index in [1.54, 1.807) is 30.5 Å². The Morgan fingerprint density at radius 3 is 2.25 bits per heavy atom. The number of unbranched alkanes of at least 4 members (excludes halogenated alkanes) is 4. The summed E-state index contributed by atoms with van der Waals surface area (Å²) in [5.74, 6) is 1.47. The van der Waals surface area contributed by atoms with E-state index >= 15 is 0 Å². The first kappa shape index (κ1) is 29.7. The molecule has 0 spiro atoms. The maximum Gasteiger partial charge on any atom is 0.242 e. The molecule has 0 N–H and O–H groups in total. The van der Waals surface area contributed by atoms with Gasteiger partial charge in [-0.1, -0.05) is 45.6 Å². The molecule has 0 saturated carbocycles. The third-order valence-corrected chi connectivity index (χ3v) is 7.49. The van der Waals surface area contributed by atoms with Gasteiger partial charge in [-0.3, -0.25) is 9.59 Å². The van der Waals surface area contributed by atoms with Crippen molar-refractivity contribution in [2.24, 2.45) is 0 Å². The van der Waals surface area contributed by atoms with Gasteiger partial charge in [-0.2, -0.15) is 0 Å². The van der Waals surface area contributed by atoms with E-state index in [0.29, 0.717) is 44.0 Å². The minimum Gasteiger partial charge on any atom is -0.493 e. The van der Waals surface area contributed by atoms with Gasteiger partial charge in [0.15, 0.2) is 11.5 Å². The molecule has 0 saturated heterocycles. The number of aryl methyl sites for hydroxylation is 1. The van der Waals surface area contributed by atoms with Crippen LogP contribution >= 0.6 is 11.3 Å². The van der Waals surface area contributed by atoms with Crippen molar-refractivity contribution in [1.29, 1.82) is 0 Å². The quantitative estimate of drug-likeness (QED) is 0.233. The van der Waals surface area contributed by atoms with Crippen LogP contribution in [0.1, 0.15) is 74.8 Å². The van der Waals surface area contributed by atoms with E-state index in [-0.39, 0.29) is 18.4 Å². The van der Waals surface area contributed by atoms with E-state index in [9.17, 15) is 9.59 Å². The molecule has 0 radical (unpaired) electrons. The van der Waals surface area contributed by atoms with Crippen molar-refractivity contribution in [1.82, 2.24) is 9.80 Å². The summed E-state index contributed by atoms with van der Waals surface area (Å²) in [5.41, 5.74) is 2.27. The number of ether oxygens (including phenoxy) is 2. The smallest absolute Gasteiger partial charge is 0.242 e. The second-order valence-corrected chi connectivity index (χ2v) is 10.3. The molecule has 0 fully saturated rings. The third kappa shape index (κ3) is 9.49. The average molecular weight is 517 g/mol. The van der Waals surface area contributed by atoms with E-state index in [0.717, 1.165) is 44.1 Å². The monoisotopic (exact) mass is 516 g/mol. The first-order chi connectivity index (χ1) is 17.4. The number of thiophene rings is 1. The fourth-order valence-electron chi connectivity index (χ4n) is 4.10. The summed E-state index contributed by atoms with van der Waals surface area (Å²) in [5, 5.41) is 2.06. The standard InChI is InChI=1S/C29H44N2O4S/c1-6-8-10-11-12-28(32)30(17-9-7-2)22-29(33)31(21-27-23(3)16-19-36-27)18-15-24-13-14-25(34-4)26(20-24)35-5/h13-14,16,19-20H,6-12,15,17-18,21-22H2,1-5H3. The fourth-order valence-corrected chi connectivity index (χ4v) is 5.02. The van der Waals surface area contributed by atoms with E-state index in [1.165, 1.54) is 10.4 Å². The van der Waals surface area contributed by atoms with Gasteiger partial charge in [0.2, 0.25) is 11.8 Å². The Morgan fingerprint density at radius 1 is 0.861 bits per heavy atom. The molecule has 1 heterocycles. The maximum absolute atomic E-state index is 13.6. The molecule has 0 aliphatic rings. The number of rotatable bonds is 17. The normalized spacial score (nSPS) is 10.8. The van der Waals surface area contributed by atoms with Crippen LogP contribution in [0.3, 0.4) is 0 Å². The summed E-state index contributed by atoms with van der Waals surface area (Å²) in [4.78, 5) is 31.4. The zero-order chi connectivity index (χ0) is 26.3. The van der Waals surface area contributed by atoms with Crippen LogP contribution in [-0.4, -0.2) is 55.5 Å². The van der Waals surface area contributed by atoms with Gasteiger partial charge in [0, 0.05) is 24.4 Å². The maximum atomic E-state index is 13.6. The lowest BCUT2D eigenvalue weighted by Crippen LogP contribution is -2.43. The van der Waals surface area contributed by atoms with Crippen LogP contribution in [0.25, 0.3) is 0 Å². The molecule has 1 aromatic carbocycles. The van der Waals surface area contributed by atoms with Crippen LogP contribution in [-0.2, 0) is 22.6 Å². The van der Waals surface area contributed by atoms with Crippen molar-refractivity contribution in [2.45, 2.75) is 78.7 Å². The third-order valence-electron chi connectivity index (χ3n) is 6.48. The molecule has 2 rings (SSSR count). The molecule has 7 heteroatoms. The first-order valence-corrected chi connectivity index (χ1v) is 14.1. The first-order valence-electron chi connectivity index (χ1n) is 13.2. The number of amides is 2. The Balaban J connectivity index is 2.13. The van der Waals surface area contributed by atoms with Crippen LogP contribution in [0, 0.1) is 6.92 Å². The molecule has 2 aromatic rings. The summed E-state index contributed by atoms with van der Waals surface area (Å²) in [7, 11) is 3.25. The van der Waals surface area contributed by atoms with Crippen molar-refractivity contribution in [3.8, 4) is 11.5 Å². The molecule has 200 valence electrons. The Morgan fingerprint density at radius 2 is 1.61 bits per heavy atom. The molecule has 0 atom stereocenters. The lowest BCUT2D eigenvalue weighted by molar-refractivity contribution is -0.141. The molecule has 0 bridgehead atoms. The predicted molar refractivity (Wildman–Crippen MR) is 148 cm³/mol. The summed E-state index contributed by atoms with van der Waals surface area (Å²) >= 11 is 1.67. The molecule has 0 aliphatic carbocycles. The number of benzene rings is 1. The van der Waals surface area contributed by atoms with Gasteiger partial charge in [-0.05, 0) is 60.9 Å². The highest BCUT2D eigenvalue weighted by Crippen LogP contribution is 2.28. The molecular weight excluding hydrogens is 472 g/mol. The van der Waals surface area contributed by atoms with Gasteiger partial charge < -0.3 is 19.3 Å². The molecule has 6 nitrogen and oxygen atoms in total. The number of carbonyl (C=O) groups is 2. The number of carbonyl (C=O) groups excluding carboxylic acids is 2. The molecule has 2 amide bonds. The van der Waals surface area contributed by atoms with E-state index in [1.807, 2.05) is 23.1 Å². The second kappa shape index (κ2) is 16.3. The van der Waals surface area contributed by atoms with Gasteiger partial charge in [-0.25, -0.2) is 0 Å². The predicted octanol–water partition coefficient (Wildman–Crippen LogP) is 6.24. The second-order valence-electron chi connectivity index (χ2n) is 9.26. The van der Waals surface area contributed by atoms with Crippen molar-refractivity contribution in [3.63, 3.8) is 0 Å². The Hall–Kier alpha value is -2.54. The highest BCUT2D eigenvalue weighted by Gasteiger charge is 2.22. The van der Waals surface area contributed by atoms with Crippen LogP contribution in [0.15, 0.2) is 29.6 Å². The van der Waals surface area contributed by atoms with E-state index < -0.39 is 0 Å². The van der Waals surface area contributed by atoms with Crippen LogP contribution in [0.2, 0.25) is 0 Å². The average Bonchev–Trinajstić information content (AvgIpc) is 3.30. The van der Waals surface area contributed by atoms with E-state index in [4.69, 9.17) is 9.47 Å². The zero-order valence-corrected chi connectivity index (χ0v) is 23.6. The van der Waals surface area contributed by atoms with Gasteiger partial charge in [0.25, 0.3) is 0 Å². The summed E-state index contributed by atoms with van der Waals surface area (Å²) in [6.45, 7) is 8.26. The van der Waals surface area contributed by atoms with Crippen molar-refractivity contribution >= 4 is 23.2 Å². The minimum atomic E-state index is 0.00119. The van der Waals surface area contributed by atoms with Gasteiger partial charge in [0.1, 0.15) is 0 Å².